The molecule has 0 saturated carbocycles. The maximum absolute atomic E-state index is 9.79. The molecule has 0 amide bonds. The van der Waals surface area contributed by atoms with Gasteiger partial charge in [-0.3, -0.25) is 0 Å². The lowest BCUT2D eigenvalue weighted by Gasteiger charge is -1.74. The molecule has 2 nitrogen and oxygen atoms in total. The third-order valence-electron chi connectivity index (χ3n) is 0.282. The van der Waals surface area contributed by atoms with E-state index >= 15 is 0 Å². The summed E-state index contributed by atoms with van der Waals surface area (Å²) in [6, 6.07) is 0. The molecule has 0 bridgehead atoms. The van der Waals surface area contributed by atoms with Gasteiger partial charge in [0.15, 0.2) is 7.94 Å². The quantitative estimate of drug-likeness (QED) is 0.392. The first-order valence-corrected chi connectivity index (χ1v) is 2.94. The van der Waals surface area contributed by atoms with Gasteiger partial charge in [-0.15, -0.1) is 4.74 Å². The number of hydrogen-bond donors (Lipinski definition) is 0. The van der Waals surface area contributed by atoms with Crippen molar-refractivity contribution in [2.45, 2.75) is 0 Å². The molecule has 0 aliphatic carbocycles. The van der Waals surface area contributed by atoms with Crippen LogP contribution in [0.2, 0.25) is 0 Å². The Labute approximate surface area is 32.4 Å². The van der Waals surface area contributed by atoms with Crippen LogP contribution in [0.1, 0.15) is 0 Å². The SMILES string of the molecule is CN=[P+](C)[O-]. The van der Waals surface area contributed by atoms with Crippen LogP contribution in [0.4, 0.5) is 0 Å². The Morgan fingerprint density at radius 2 is 2.00 bits per heavy atom. The van der Waals surface area contributed by atoms with E-state index in [1.54, 1.807) is 13.7 Å². The highest BCUT2D eigenvalue weighted by Crippen LogP contribution is 2.00. The van der Waals surface area contributed by atoms with Gasteiger partial charge in [-0.1, -0.05) is 0 Å². The maximum Gasteiger partial charge on any atom is 0.159 e. The molecule has 0 spiro atoms. The van der Waals surface area contributed by atoms with E-state index < -0.39 is 7.94 Å². The molecule has 1 unspecified atom stereocenters. The van der Waals surface area contributed by atoms with Gasteiger partial charge in [0.1, 0.15) is 6.66 Å². The van der Waals surface area contributed by atoms with E-state index in [0.717, 1.165) is 0 Å². The van der Waals surface area contributed by atoms with Crippen molar-refractivity contribution >= 4 is 7.94 Å². The zero-order valence-corrected chi connectivity index (χ0v) is 4.20. The Bertz CT molecular complexity index is 47.6. The monoisotopic (exact) mass is 91.0 g/mol. The van der Waals surface area contributed by atoms with Gasteiger partial charge in [0, 0.05) is 0 Å². The van der Waals surface area contributed by atoms with Gasteiger partial charge >= 0.3 is 0 Å². The molecule has 0 fully saturated rings. The highest BCUT2D eigenvalue weighted by atomic mass is 31.1. The molecule has 0 aromatic carbocycles. The Kier molecular flexibility index (Phi) is 2.33. The van der Waals surface area contributed by atoms with Gasteiger partial charge in [0.2, 0.25) is 0 Å². The van der Waals surface area contributed by atoms with E-state index in [4.69, 9.17) is 0 Å². The molecule has 0 aliphatic heterocycles. The van der Waals surface area contributed by atoms with Gasteiger partial charge < -0.3 is 4.89 Å². The molecule has 5 heavy (non-hydrogen) atoms. The van der Waals surface area contributed by atoms with Crippen LogP contribution in [-0.2, 0) is 0 Å². The van der Waals surface area contributed by atoms with Crippen molar-refractivity contribution in [1.29, 1.82) is 0 Å². The topological polar surface area (TPSA) is 35.4 Å². The van der Waals surface area contributed by atoms with E-state index in [9.17, 15) is 4.89 Å². The summed E-state index contributed by atoms with van der Waals surface area (Å²) in [6.45, 7) is 1.56. The molecule has 0 heterocycles. The first-order chi connectivity index (χ1) is 2.27. The highest BCUT2D eigenvalue weighted by Gasteiger charge is 1.67. The fraction of sp³-hybridized carbons (Fsp3) is 1.00. The van der Waals surface area contributed by atoms with Gasteiger partial charge in [-0.2, -0.15) is 0 Å². The lowest BCUT2D eigenvalue weighted by Crippen LogP contribution is -1.79. The number of rotatable bonds is 0. The first kappa shape index (κ1) is 5.06. The van der Waals surface area contributed by atoms with Gasteiger partial charge in [-0.05, 0) is 0 Å². The van der Waals surface area contributed by atoms with Crippen LogP contribution in [-0.4, -0.2) is 13.7 Å². The summed E-state index contributed by atoms with van der Waals surface area (Å²) in [5.74, 6) is 0. The lowest BCUT2D eigenvalue weighted by atomic mass is 11.6. The summed E-state index contributed by atoms with van der Waals surface area (Å²) < 4.78 is 3.40. The maximum atomic E-state index is 9.79. The standard InChI is InChI=1S/C2H6NOP/c1-3-5(2)4/h1-2H3. The van der Waals surface area contributed by atoms with Crippen LogP contribution in [0.15, 0.2) is 4.74 Å². The van der Waals surface area contributed by atoms with Crippen molar-refractivity contribution in [2.75, 3.05) is 13.7 Å². The summed E-state index contributed by atoms with van der Waals surface area (Å²) >= 11 is 0. The van der Waals surface area contributed by atoms with Crippen molar-refractivity contribution in [1.82, 2.24) is 0 Å². The highest BCUT2D eigenvalue weighted by molar-refractivity contribution is 7.38. The normalized spacial score (nSPS) is 12.2. The molecule has 0 aromatic heterocycles. The summed E-state index contributed by atoms with van der Waals surface area (Å²) in [5, 5.41) is 0. The molecule has 0 saturated heterocycles. The van der Waals surface area contributed by atoms with E-state index in [1.807, 2.05) is 0 Å². The molecular formula is C2H6NOP. The third-order valence-corrected chi connectivity index (χ3v) is 0.845. The summed E-state index contributed by atoms with van der Waals surface area (Å²) in [4.78, 5) is 9.79. The minimum absolute atomic E-state index is 1.22. The Balaban J connectivity index is 3.14. The molecule has 3 heteroatoms. The Morgan fingerprint density at radius 1 is 1.80 bits per heavy atom. The predicted octanol–water partition coefficient (Wildman–Crippen LogP) is 0.187. The summed E-state index contributed by atoms with van der Waals surface area (Å²) in [6.07, 6.45) is 0. The largest absolute Gasteiger partial charge is 0.612 e. The second-order valence-electron chi connectivity index (χ2n) is 0.664. The third kappa shape index (κ3) is 4.06. The molecule has 0 aliphatic rings. The van der Waals surface area contributed by atoms with Crippen molar-refractivity contribution in [2.24, 2.45) is 4.74 Å². The van der Waals surface area contributed by atoms with Crippen LogP contribution in [0.25, 0.3) is 0 Å². The van der Waals surface area contributed by atoms with E-state index in [2.05, 4.69) is 4.74 Å². The molecule has 1 atom stereocenters. The average Bonchev–Trinajstić information content (AvgIpc) is 1.38. The van der Waals surface area contributed by atoms with E-state index in [-0.39, 0.29) is 0 Å². The smallest absolute Gasteiger partial charge is 0.159 e. The Morgan fingerprint density at radius 3 is 2.00 bits per heavy atom. The fourth-order valence-corrected chi connectivity index (χ4v) is 0. The molecule has 0 aromatic rings. The second kappa shape index (κ2) is 2.31. The van der Waals surface area contributed by atoms with Gasteiger partial charge in [-0.25, -0.2) is 0 Å². The molecule has 0 radical (unpaired) electrons. The van der Waals surface area contributed by atoms with Crippen LogP contribution >= 0.6 is 7.94 Å². The molecule has 30 valence electrons. The van der Waals surface area contributed by atoms with Gasteiger partial charge in [0.25, 0.3) is 0 Å². The zero-order chi connectivity index (χ0) is 4.28. The van der Waals surface area contributed by atoms with Crippen molar-refractivity contribution in [3.63, 3.8) is 0 Å². The predicted molar refractivity (Wildman–Crippen MR) is 21.2 cm³/mol. The first-order valence-electron chi connectivity index (χ1n) is 1.28. The fourth-order valence-electron chi connectivity index (χ4n) is 0. The summed E-state index contributed by atoms with van der Waals surface area (Å²) in [7, 11) is 0.317. The molecular weight excluding hydrogens is 85.0 g/mol. The number of hydrogen-bond acceptors (Lipinski definition) is 2. The van der Waals surface area contributed by atoms with Crippen molar-refractivity contribution in [3.8, 4) is 0 Å². The van der Waals surface area contributed by atoms with Crippen LogP contribution in [0.3, 0.4) is 0 Å². The number of nitrogens with zero attached hydrogens (tertiary/aromatic N) is 1. The van der Waals surface area contributed by atoms with E-state index in [1.165, 1.54) is 0 Å². The van der Waals surface area contributed by atoms with E-state index in [0.29, 0.717) is 0 Å². The lowest BCUT2D eigenvalue weighted by molar-refractivity contribution is -0.154. The minimum atomic E-state index is -1.22. The van der Waals surface area contributed by atoms with Crippen molar-refractivity contribution in [3.05, 3.63) is 0 Å². The molecule has 0 N–H and O–H groups in total. The van der Waals surface area contributed by atoms with Crippen molar-refractivity contribution < 1.29 is 4.89 Å². The molecule has 0 rings (SSSR count). The van der Waals surface area contributed by atoms with Gasteiger partial charge in [0.05, 0.1) is 7.05 Å². The van der Waals surface area contributed by atoms with Crippen LogP contribution in [0, 0.1) is 0 Å². The van der Waals surface area contributed by atoms with Crippen LogP contribution in [0.5, 0.6) is 0 Å². The zero-order valence-electron chi connectivity index (χ0n) is 3.30. The Hall–Kier alpha value is 0.0600. The second-order valence-corrected chi connectivity index (χ2v) is 1.99. The minimum Gasteiger partial charge on any atom is -0.612 e. The summed E-state index contributed by atoms with van der Waals surface area (Å²) in [5.41, 5.74) is 0. The van der Waals surface area contributed by atoms with Crippen LogP contribution < -0.4 is 4.89 Å². The average molecular weight is 91.0 g/mol.